The smallest absolute Gasteiger partial charge is 0.332 e. The van der Waals surface area contributed by atoms with Crippen molar-refractivity contribution in [3.8, 4) is 11.4 Å². The molecule has 1 N–H and O–H groups in total. The average Bonchev–Trinajstić information content (AvgIpc) is 3.52. The second-order valence-corrected chi connectivity index (χ2v) is 10.6. The van der Waals surface area contributed by atoms with E-state index < -0.39 is 5.56 Å². The highest BCUT2D eigenvalue weighted by atomic mass is 35.5. The Morgan fingerprint density at radius 1 is 1.05 bits per heavy atom. The molecule has 202 valence electrons. The number of aryl methyl sites for hydroxylation is 2. The van der Waals surface area contributed by atoms with Gasteiger partial charge in [0.25, 0.3) is 5.56 Å². The SMILES string of the molecule is C=C(C)C(C)(C)c1ccc(-c2noc(CCCCn3c(=O)c4[nH]c(Cl)nc4n(CCCCC)c3=O)n2)cc1. The number of benzene rings is 1. The van der Waals surface area contributed by atoms with Gasteiger partial charge in [0.05, 0.1) is 0 Å². The number of nitrogens with one attached hydrogen (secondary N) is 1. The number of unbranched alkanes of at least 4 members (excludes halogenated alkanes) is 3. The summed E-state index contributed by atoms with van der Waals surface area (Å²) < 4.78 is 8.25. The molecule has 3 heterocycles. The van der Waals surface area contributed by atoms with Crippen LogP contribution >= 0.6 is 11.6 Å². The Bertz CT molecular complexity index is 1540. The summed E-state index contributed by atoms with van der Waals surface area (Å²) in [5.74, 6) is 1.05. The highest BCUT2D eigenvalue weighted by Gasteiger charge is 2.21. The number of hydrogen-bond acceptors (Lipinski definition) is 6. The van der Waals surface area contributed by atoms with Crippen molar-refractivity contribution in [2.24, 2.45) is 0 Å². The molecule has 0 aliphatic heterocycles. The third-order valence-corrected chi connectivity index (χ3v) is 7.42. The predicted octanol–water partition coefficient (Wildman–Crippen LogP) is 5.66. The molecule has 10 heteroatoms. The summed E-state index contributed by atoms with van der Waals surface area (Å²) in [5.41, 5.74) is 2.83. The van der Waals surface area contributed by atoms with Crippen molar-refractivity contribution in [2.75, 3.05) is 0 Å². The van der Waals surface area contributed by atoms with Gasteiger partial charge < -0.3 is 9.51 Å². The van der Waals surface area contributed by atoms with Crippen LogP contribution in [-0.4, -0.2) is 29.2 Å². The van der Waals surface area contributed by atoms with Crippen LogP contribution in [0.1, 0.15) is 71.3 Å². The zero-order chi connectivity index (χ0) is 27.4. The van der Waals surface area contributed by atoms with Crippen LogP contribution in [0.3, 0.4) is 0 Å². The summed E-state index contributed by atoms with van der Waals surface area (Å²) >= 11 is 6.02. The molecule has 0 unspecified atom stereocenters. The monoisotopic (exact) mass is 538 g/mol. The van der Waals surface area contributed by atoms with Gasteiger partial charge >= 0.3 is 5.69 Å². The molecule has 4 rings (SSSR count). The summed E-state index contributed by atoms with van der Waals surface area (Å²) in [6, 6.07) is 8.11. The average molecular weight is 539 g/mol. The molecule has 0 radical (unpaired) electrons. The Morgan fingerprint density at radius 3 is 2.42 bits per heavy atom. The first-order chi connectivity index (χ1) is 18.1. The first-order valence-corrected chi connectivity index (χ1v) is 13.5. The number of aromatic amines is 1. The Labute approximate surface area is 226 Å². The van der Waals surface area contributed by atoms with E-state index in [1.165, 1.54) is 10.1 Å². The molecule has 0 amide bonds. The third-order valence-electron chi connectivity index (χ3n) is 7.24. The van der Waals surface area contributed by atoms with Crippen LogP contribution in [0, 0.1) is 0 Å². The molecule has 0 spiro atoms. The Balaban J connectivity index is 1.41. The van der Waals surface area contributed by atoms with Crippen molar-refractivity contribution in [2.45, 2.75) is 84.7 Å². The van der Waals surface area contributed by atoms with Crippen LogP contribution in [0.15, 0.2) is 50.5 Å². The van der Waals surface area contributed by atoms with Gasteiger partial charge in [-0.3, -0.25) is 13.9 Å². The number of hydrogen-bond donors (Lipinski definition) is 1. The number of nitrogens with zero attached hydrogens (tertiary/aromatic N) is 5. The second-order valence-electron chi connectivity index (χ2n) is 10.3. The van der Waals surface area contributed by atoms with Crippen molar-refractivity contribution >= 4 is 22.8 Å². The molecule has 38 heavy (non-hydrogen) atoms. The van der Waals surface area contributed by atoms with E-state index in [-0.39, 0.29) is 28.4 Å². The molecule has 0 bridgehead atoms. The molecule has 4 aromatic rings. The van der Waals surface area contributed by atoms with Gasteiger partial charge in [-0.25, -0.2) is 4.79 Å². The number of halogens is 1. The fraction of sp³-hybridized carbons (Fsp3) is 0.464. The van der Waals surface area contributed by atoms with Crippen LogP contribution in [0.2, 0.25) is 5.28 Å². The zero-order valence-electron chi connectivity index (χ0n) is 22.5. The Morgan fingerprint density at radius 2 is 1.74 bits per heavy atom. The first-order valence-electron chi connectivity index (χ1n) is 13.1. The van der Waals surface area contributed by atoms with Gasteiger partial charge in [-0.15, -0.1) is 0 Å². The number of fused-ring (bicyclic) bond motifs is 1. The quantitative estimate of drug-likeness (QED) is 0.141. The lowest BCUT2D eigenvalue weighted by molar-refractivity contribution is 0.372. The molecule has 0 fully saturated rings. The number of rotatable bonds is 12. The van der Waals surface area contributed by atoms with Crippen LogP contribution in [0.4, 0.5) is 0 Å². The fourth-order valence-electron chi connectivity index (χ4n) is 4.36. The fourth-order valence-corrected chi connectivity index (χ4v) is 4.53. The molecule has 0 saturated carbocycles. The van der Waals surface area contributed by atoms with Gasteiger partial charge in [-0.2, -0.15) is 9.97 Å². The van der Waals surface area contributed by atoms with E-state index in [2.05, 4.69) is 59.6 Å². The number of imidazole rings is 1. The highest BCUT2D eigenvalue weighted by molar-refractivity contribution is 6.28. The largest absolute Gasteiger partial charge is 0.339 e. The molecule has 3 aromatic heterocycles. The Kier molecular flexibility index (Phi) is 8.35. The minimum absolute atomic E-state index is 0.0971. The molecule has 0 atom stereocenters. The van der Waals surface area contributed by atoms with Gasteiger partial charge in [-0.1, -0.05) is 75.2 Å². The van der Waals surface area contributed by atoms with Gasteiger partial charge in [-0.05, 0) is 43.4 Å². The maximum Gasteiger partial charge on any atom is 0.332 e. The second kappa shape index (κ2) is 11.5. The van der Waals surface area contributed by atoms with Crippen molar-refractivity contribution in [3.63, 3.8) is 0 Å². The van der Waals surface area contributed by atoms with Gasteiger partial charge in [0.1, 0.15) is 0 Å². The van der Waals surface area contributed by atoms with Gasteiger partial charge in [0.2, 0.25) is 17.0 Å². The molecule has 0 saturated heterocycles. The van der Waals surface area contributed by atoms with E-state index in [1.54, 1.807) is 4.57 Å². The maximum absolute atomic E-state index is 13.1. The summed E-state index contributed by atoms with van der Waals surface area (Å²) in [4.78, 5) is 37.6. The topological polar surface area (TPSA) is 112 Å². The van der Waals surface area contributed by atoms with E-state index in [1.807, 2.05) is 19.1 Å². The van der Waals surface area contributed by atoms with E-state index >= 15 is 0 Å². The van der Waals surface area contributed by atoms with E-state index in [4.69, 9.17) is 16.1 Å². The minimum atomic E-state index is -0.408. The van der Waals surface area contributed by atoms with Crippen LogP contribution < -0.4 is 11.2 Å². The Hall–Kier alpha value is -3.46. The lowest BCUT2D eigenvalue weighted by Crippen LogP contribution is -2.40. The molecule has 0 aliphatic rings. The van der Waals surface area contributed by atoms with Gasteiger partial charge in [0, 0.05) is 30.5 Å². The normalized spacial score (nSPS) is 11.9. The molecule has 0 aliphatic carbocycles. The molecular formula is C28H35ClN6O3. The van der Waals surface area contributed by atoms with Crippen LogP contribution in [0.25, 0.3) is 22.6 Å². The standard InChI is InChI=1S/C28H35ClN6O3/c1-6-7-9-16-34-24-22(31-26(29)32-24)25(36)35(27(34)37)17-10-8-11-21-30-23(33-38-21)19-12-14-20(15-13-19)28(4,5)18(2)3/h12-15H,2,6-11,16-17H2,1,3-5H3,(H,31,32). The number of H-pyrrole nitrogens is 1. The van der Waals surface area contributed by atoms with E-state index in [0.29, 0.717) is 43.2 Å². The summed E-state index contributed by atoms with van der Waals surface area (Å²) in [6.45, 7) is 13.3. The van der Waals surface area contributed by atoms with Crippen molar-refractivity contribution < 1.29 is 4.52 Å². The number of aromatic nitrogens is 6. The molecule has 9 nitrogen and oxygen atoms in total. The van der Waals surface area contributed by atoms with E-state index in [9.17, 15) is 9.59 Å². The van der Waals surface area contributed by atoms with Crippen molar-refractivity contribution in [1.82, 2.24) is 29.2 Å². The first kappa shape index (κ1) is 27.6. The third kappa shape index (κ3) is 5.67. The lowest BCUT2D eigenvalue weighted by Gasteiger charge is -2.25. The van der Waals surface area contributed by atoms with Gasteiger partial charge in [0.15, 0.2) is 11.2 Å². The van der Waals surface area contributed by atoms with E-state index in [0.717, 1.165) is 30.4 Å². The van der Waals surface area contributed by atoms with Crippen molar-refractivity contribution in [1.29, 1.82) is 0 Å². The minimum Gasteiger partial charge on any atom is -0.339 e. The van der Waals surface area contributed by atoms with Crippen molar-refractivity contribution in [3.05, 3.63) is 74.0 Å². The summed E-state index contributed by atoms with van der Waals surface area (Å²) in [7, 11) is 0. The number of allylic oxidation sites excluding steroid dienone is 1. The van der Waals surface area contributed by atoms with Crippen LogP contribution in [0.5, 0.6) is 0 Å². The maximum atomic E-state index is 13.1. The highest BCUT2D eigenvalue weighted by Crippen LogP contribution is 2.31. The lowest BCUT2D eigenvalue weighted by atomic mass is 9.79. The predicted molar refractivity (Wildman–Crippen MR) is 150 cm³/mol. The zero-order valence-corrected chi connectivity index (χ0v) is 23.3. The molecular weight excluding hydrogens is 504 g/mol. The molecule has 1 aromatic carbocycles. The summed E-state index contributed by atoms with van der Waals surface area (Å²) in [6.07, 6.45) is 4.65. The summed E-state index contributed by atoms with van der Waals surface area (Å²) in [5, 5.41) is 4.22. The van der Waals surface area contributed by atoms with Crippen LogP contribution in [-0.2, 0) is 24.9 Å².